The highest BCUT2D eigenvalue weighted by molar-refractivity contribution is 7.99. The first-order valence-corrected chi connectivity index (χ1v) is 10.3. The predicted molar refractivity (Wildman–Crippen MR) is 119 cm³/mol. The van der Waals surface area contributed by atoms with Crippen LogP contribution in [0.3, 0.4) is 0 Å². The molecule has 0 spiro atoms. The summed E-state index contributed by atoms with van der Waals surface area (Å²) in [5.74, 6) is 0.870. The first-order valence-electron chi connectivity index (χ1n) is 9.43. The number of rotatable bonds is 7. The van der Waals surface area contributed by atoms with Crippen molar-refractivity contribution in [2.45, 2.75) is 16.6 Å². The Labute approximate surface area is 174 Å². The monoisotopic (exact) mass is 399 g/mol. The third kappa shape index (κ3) is 4.79. The summed E-state index contributed by atoms with van der Waals surface area (Å²) in [4.78, 5) is 14.0. The average molecular weight is 400 g/mol. The van der Waals surface area contributed by atoms with E-state index in [0.717, 1.165) is 21.8 Å². The SMILES string of the molecule is Nc1cccc(S[C@@H](CC(=O)c2ccc(-c3ccccc3)cc2)c2ccco2)c1. The zero-order valence-corrected chi connectivity index (χ0v) is 16.6. The van der Waals surface area contributed by atoms with E-state index in [4.69, 9.17) is 10.2 Å². The summed E-state index contributed by atoms with van der Waals surface area (Å²) in [5.41, 5.74) is 9.54. The first-order chi connectivity index (χ1) is 14.2. The number of furan rings is 1. The van der Waals surface area contributed by atoms with Gasteiger partial charge in [-0.3, -0.25) is 4.79 Å². The molecule has 4 rings (SSSR count). The van der Waals surface area contributed by atoms with Crippen LogP contribution in [0.4, 0.5) is 5.69 Å². The van der Waals surface area contributed by atoms with Gasteiger partial charge < -0.3 is 10.2 Å². The molecule has 0 amide bonds. The van der Waals surface area contributed by atoms with E-state index >= 15 is 0 Å². The van der Waals surface area contributed by atoms with Gasteiger partial charge in [-0.05, 0) is 41.5 Å². The van der Waals surface area contributed by atoms with Gasteiger partial charge in [-0.15, -0.1) is 11.8 Å². The van der Waals surface area contributed by atoms with Crippen molar-refractivity contribution in [3.63, 3.8) is 0 Å². The van der Waals surface area contributed by atoms with Crippen molar-refractivity contribution < 1.29 is 9.21 Å². The van der Waals surface area contributed by atoms with Crippen LogP contribution >= 0.6 is 11.8 Å². The third-order valence-electron chi connectivity index (χ3n) is 4.68. The van der Waals surface area contributed by atoms with Gasteiger partial charge >= 0.3 is 0 Å². The Kier molecular flexibility index (Phi) is 5.82. The third-order valence-corrected chi connectivity index (χ3v) is 5.89. The molecule has 1 heterocycles. The molecule has 0 radical (unpaired) electrons. The maximum Gasteiger partial charge on any atom is 0.164 e. The van der Waals surface area contributed by atoms with E-state index in [9.17, 15) is 4.79 Å². The van der Waals surface area contributed by atoms with Crippen LogP contribution in [0, 0.1) is 0 Å². The number of carbonyl (C=O) groups excluding carboxylic acids is 1. The lowest BCUT2D eigenvalue weighted by Crippen LogP contribution is -2.05. The van der Waals surface area contributed by atoms with Crippen LogP contribution in [-0.2, 0) is 0 Å². The molecule has 0 aliphatic carbocycles. The Morgan fingerprint density at radius 1 is 0.862 bits per heavy atom. The van der Waals surface area contributed by atoms with Gasteiger partial charge in [0, 0.05) is 22.6 Å². The normalized spacial score (nSPS) is 11.9. The van der Waals surface area contributed by atoms with Gasteiger partial charge in [-0.1, -0.05) is 60.7 Å². The smallest absolute Gasteiger partial charge is 0.164 e. The summed E-state index contributed by atoms with van der Waals surface area (Å²) in [6.45, 7) is 0. The highest BCUT2D eigenvalue weighted by Crippen LogP contribution is 2.39. The highest BCUT2D eigenvalue weighted by Gasteiger charge is 2.21. The van der Waals surface area contributed by atoms with Crippen molar-refractivity contribution in [2.24, 2.45) is 0 Å². The Morgan fingerprint density at radius 3 is 2.31 bits per heavy atom. The molecular formula is C25H21NO2S. The number of nitrogens with two attached hydrogens (primary N) is 1. The Hall–Kier alpha value is -3.24. The summed E-state index contributed by atoms with van der Waals surface area (Å²) >= 11 is 1.59. The molecule has 0 unspecified atom stereocenters. The lowest BCUT2D eigenvalue weighted by molar-refractivity contribution is 0.0980. The molecule has 0 bridgehead atoms. The molecule has 2 N–H and O–H groups in total. The van der Waals surface area contributed by atoms with Gasteiger partial charge in [0.25, 0.3) is 0 Å². The van der Waals surface area contributed by atoms with Crippen LogP contribution < -0.4 is 5.73 Å². The standard InChI is InChI=1S/C25H21NO2S/c26-21-8-4-9-22(16-21)29-25(24-10-5-15-28-24)17-23(27)20-13-11-19(12-14-20)18-6-2-1-3-7-18/h1-16,25H,17,26H2/t25-/m0/s1. The molecule has 0 fully saturated rings. The van der Waals surface area contributed by atoms with E-state index in [1.54, 1.807) is 18.0 Å². The number of ketones is 1. The number of Topliss-reactive ketones (excluding diaryl/α,β-unsaturated/α-hetero) is 1. The molecule has 144 valence electrons. The van der Waals surface area contributed by atoms with Crippen LogP contribution in [-0.4, -0.2) is 5.78 Å². The van der Waals surface area contributed by atoms with E-state index in [0.29, 0.717) is 17.7 Å². The fourth-order valence-electron chi connectivity index (χ4n) is 3.19. The van der Waals surface area contributed by atoms with Crippen molar-refractivity contribution in [1.82, 2.24) is 0 Å². The molecule has 3 aromatic carbocycles. The molecular weight excluding hydrogens is 378 g/mol. The quantitative estimate of drug-likeness (QED) is 0.215. The fraction of sp³-hybridized carbons (Fsp3) is 0.0800. The Balaban J connectivity index is 1.52. The van der Waals surface area contributed by atoms with Gasteiger partial charge in [-0.25, -0.2) is 0 Å². The molecule has 0 saturated heterocycles. The van der Waals surface area contributed by atoms with Gasteiger partial charge in [0.05, 0.1) is 11.5 Å². The zero-order valence-electron chi connectivity index (χ0n) is 15.8. The molecule has 0 aliphatic rings. The summed E-state index contributed by atoms with van der Waals surface area (Å²) < 4.78 is 5.61. The summed E-state index contributed by atoms with van der Waals surface area (Å²) in [6.07, 6.45) is 1.99. The second kappa shape index (κ2) is 8.84. The van der Waals surface area contributed by atoms with Gasteiger partial charge in [0.1, 0.15) is 5.76 Å². The maximum atomic E-state index is 13.0. The minimum atomic E-state index is -0.118. The van der Waals surface area contributed by atoms with Gasteiger partial charge in [-0.2, -0.15) is 0 Å². The molecule has 3 nitrogen and oxygen atoms in total. The molecule has 4 heteroatoms. The second-order valence-electron chi connectivity index (χ2n) is 6.77. The first kappa shape index (κ1) is 19.1. The van der Waals surface area contributed by atoms with Crippen molar-refractivity contribution in [2.75, 3.05) is 5.73 Å². The van der Waals surface area contributed by atoms with Crippen molar-refractivity contribution in [1.29, 1.82) is 0 Å². The fourth-order valence-corrected chi connectivity index (χ4v) is 4.37. The average Bonchev–Trinajstić information content (AvgIpc) is 3.29. The number of benzene rings is 3. The van der Waals surface area contributed by atoms with Crippen LogP contribution in [0.1, 0.15) is 27.8 Å². The van der Waals surface area contributed by atoms with Crippen LogP contribution in [0.15, 0.2) is 107 Å². The number of anilines is 1. The molecule has 1 aromatic heterocycles. The lowest BCUT2D eigenvalue weighted by atomic mass is 10.0. The van der Waals surface area contributed by atoms with E-state index in [2.05, 4.69) is 12.1 Å². The van der Waals surface area contributed by atoms with E-state index in [1.165, 1.54) is 0 Å². The summed E-state index contributed by atoms with van der Waals surface area (Å²) in [5, 5.41) is -0.118. The van der Waals surface area contributed by atoms with E-state index < -0.39 is 0 Å². The summed E-state index contributed by atoms with van der Waals surface area (Å²) in [7, 11) is 0. The molecule has 4 aromatic rings. The Bertz CT molecular complexity index is 1070. The van der Waals surface area contributed by atoms with Crippen molar-refractivity contribution in [3.05, 3.63) is 109 Å². The van der Waals surface area contributed by atoms with Gasteiger partial charge in [0.2, 0.25) is 0 Å². The number of carbonyl (C=O) groups is 1. The largest absolute Gasteiger partial charge is 0.468 e. The number of hydrogen-bond acceptors (Lipinski definition) is 4. The Morgan fingerprint density at radius 2 is 1.62 bits per heavy atom. The highest BCUT2D eigenvalue weighted by atomic mass is 32.2. The van der Waals surface area contributed by atoms with Gasteiger partial charge in [0.15, 0.2) is 5.78 Å². The number of nitrogen functional groups attached to an aromatic ring is 1. The van der Waals surface area contributed by atoms with Crippen LogP contribution in [0.25, 0.3) is 11.1 Å². The van der Waals surface area contributed by atoms with Crippen molar-refractivity contribution in [3.8, 4) is 11.1 Å². The minimum Gasteiger partial charge on any atom is -0.468 e. The van der Waals surface area contributed by atoms with Crippen LogP contribution in [0.5, 0.6) is 0 Å². The number of hydrogen-bond donors (Lipinski definition) is 1. The molecule has 0 saturated carbocycles. The summed E-state index contributed by atoms with van der Waals surface area (Å²) in [6, 6.07) is 29.4. The second-order valence-corrected chi connectivity index (χ2v) is 8.04. The van der Waals surface area contributed by atoms with Crippen molar-refractivity contribution >= 4 is 23.2 Å². The molecule has 0 aliphatic heterocycles. The molecule has 1 atom stereocenters. The maximum absolute atomic E-state index is 13.0. The van der Waals surface area contributed by atoms with Crippen LogP contribution in [0.2, 0.25) is 0 Å². The predicted octanol–water partition coefficient (Wildman–Crippen LogP) is 6.64. The zero-order chi connectivity index (χ0) is 20.1. The molecule has 29 heavy (non-hydrogen) atoms. The minimum absolute atomic E-state index is 0.0856. The van der Waals surface area contributed by atoms with E-state index in [1.807, 2.05) is 78.9 Å². The topological polar surface area (TPSA) is 56.2 Å². The number of thioether (sulfide) groups is 1. The van der Waals surface area contributed by atoms with E-state index in [-0.39, 0.29) is 11.0 Å². The lowest BCUT2D eigenvalue weighted by Gasteiger charge is -2.14.